The fraction of sp³-hybridized carbons (Fsp3) is 0.455. The molecule has 0 fully saturated rings. The van der Waals surface area contributed by atoms with E-state index in [1.807, 2.05) is 38.1 Å². The van der Waals surface area contributed by atoms with Crippen molar-refractivity contribution in [2.75, 3.05) is 0 Å². The summed E-state index contributed by atoms with van der Waals surface area (Å²) in [7, 11) is 0. The molecule has 3 N–H and O–H groups in total. The van der Waals surface area contributed by atoms with Gasteiger partial charge < -0.3 is 10.8 Å². The van der Waals surface area contributed by atoms with E-state index in [0.717, 1.165) is 10.0 Å². The number of aliphatic hydroxyl groups is 1. The topological polar surface area (TPSA) is 46.2 Å². The van der Waals surface area contributed by atoms with E-state index in [0.29, 0.717) is 6.42 Å². The number of hydrogen-bond donors (Lipinski definition) is 2. The van der Waals surface area contributed by atoms with Crippen LogP contribution in [0, 0.1) is 0 Å². The van der Waals surface area contributed by atoms with E-state index in [9.17, 15) is 5.11 Å². The maximum Gasteiger partial charge on any atom is 0.0807 e. The van der Waals surface area contributed by atoms with Crippen LogP contribution < -0.4 is 5.73 Å². The van der Waals surface area contributed by atoms with Crippen molar-refractivity contribution in [2.24, 2.45) is 5.73 Å². The molecule has 2 nitrogen and oxygen atoms in total. The van der Waals surface area contributed by atoms with Crippen LogP contribution in [-0.4, -0.2) is 10.6 Å². The molecule has 14 heavy (non-hydrogen) atoms. The summed E-state index contributed by atoms with van der Waals surface area (Å²) in [6, 6.07) is 7.64. The zero-order valence-corrected chi connectivity index (χ0v) is 10.1. The Bertz CT molecular complexity index is 289. The number of nitrogens with two attached hydrogens (primary N) is 1. The largest absolute Gasteiger partial charge is 0.388 e. The van der Waals surface area contributed by atoms with Crippen LogP contribution in [0.1, 0.15) is 31.9 Å². The summed E-state index contributed by atoms with van der Waals surface area (Å²) in [6.45, 7) is 3.82. The molecule has 3 heteroatoms. The van der Waals surface area contributed by atoms with E-state index in [1.54, 1.807) is 0 Å². The molecular weight excluding hydrogens is 242 g/mol. The van der Waals surface area contributed by atoms with E-state index in [1.165, 1.54) is 0 Å². The first-order valence-electron chi connectivity index (χ1n) is 4.61. The molecule has 0 bridgehead atoms. The lowest BCUT2D eigenvalue weighted by Crippen LogP contribution is -2.33. The molecule has 0 aliphatic rings. The first-order chi connectivity index (χ1) is 6.38. The van der Waals surface area contributed by atoms with Crippen molar-refractivity contribution in [3.8, 4) is 0 Å². The van der Waals surface area contributed by atoms with Gasteiger partial charge in [-0.2, -0.15) is 0 Å². The lowest BCUT2D eigenvalue weighted by molar-refractivity contribution is 0.142. The highest BCUT2D eigenvalue weighted by atomic mass is 79.9. The monoisotopic (exact) mass is 257 g/mol. The van der Waals surface area contributed by atoms with E-state index >= 15 is 0 Å². The maximum atomic E-state index is 9.85. The zero-order valence-electron chi connectivity index (χ0n) is 8.50. The Morgan fingerprint density at radius 1 is 1.36 bits per heavy atom. The van der Waals surface area contributed by atoms with Crippen LogP contribution >= 0.6 is 15.9 Å². The van der Waals surface area contributed by atoms with Crippen molar-refractivity contribution >= 4 is 15.9 Å². The van der Waals surface area contributed by atoms with Gasteiger partial charge in [-0.15, -0.1) is 0 Å². The van der Waals surface area contributed by atoms with Gasteiger partial charge in [-0.05, 0) is 38.0 Å². The highest BCUT2D eigenvalue weighted by Crippen LogP contribution is 2.23. The molecule has 1 atom stereocenters. The number of rotatable bonds is 3. The Morgan fingerprint density at radius 3 is 2.29 bits per heavy atom. The molecule has 0 aromatic heterocycles. The third kappa shape index (κ3) is 3.78. The molecule has 78 valence electrons. The molecular formula is C11H16BrNO. The Hall–Kier alpha value is -0.380. The molecule has 1 aromatic rings. The normalized spacial score (nSPS) is 14.1. The molecule has 0 amide bonds. The second-order valence-corrected chi connectivity index (χ2v) is 5.18. The van der Waals surface area contributed by atoms with Crippen LogP contribution in [0.4, 0.5) is 0 Å². The molecule has 0 aliphatic heterocycles. The quantitative estimate of drug-likeness (QED) is 0.875. The molecule has 0 spiro atoms. The minimum Gasteiger partial charge on any atom is -0.388 e. The van der Waals surface area contributed by atoms with E-state index in [-0.39, 0.29) is 5.54 Å². The predicted octanol–water partition coefficient (Wildman–Crippen LogP) is 2.61. The third-order valence-electron chi connectivity index (χ3n) is 1.97. The van der Waals surface area contributed by atoms with Crippen LogP contribution in [0.2, 0.25) is 0 Å². The van der Waals surface area contributed by atoms with Gasteiger partial charge in [-0.3, -0.25) is 0 Å². The first-order valence-corrected chi connectivity index (χ1v) is 5.40. The molecule has 1 unspecified atom stereocenters. The molecule has 1 rings (SSSR count). The van der Waals surface area contributed by atoms with Crippen LogP contribution in [0.3, 0.4) is 0 Å². The minimum absolute atomic E-state index is 0.341. The van der Waals surface area contributed by atoms with E-state index in [4.69, 9.17) is 5.73 Å². The summed E-state index contributed by atoms with van der Waals surface area (Å²) >= 11 is 3.35. The van der Waals surface area contributed by atoms with Crippen molar-refractivity contribution in [1.82, 2.24) is 0 Å². The van der Waals surface area contributed by atoms with Gasteiger partial charge in [0.05, 0.1) is 6.10 Å². The van der Waals surface area contributed by atoms with Crippen molar-refractivity contribution < 1.29 is 5.11 Å². The van der Waals surface area contributed by atoms with Gasteiger partial charge in [0.15, 0.2) is 0 Å². The van der Waals surface area contributed by atoms with Crippen molar-refractivity contribution in [2.45, 2.75) is 31.9 Å². The van der Waals surface area contributed by atoms with Crippen LogP contribution in [0.5, 0.6) is 0 Å². The Balaban J connectivity index is 2.70. The van der Waals surface area contributed by atoms with Gasteiger partial charge in [0, 0.05) is 10.0 Å². The summed E-state index contributed by atoms with van der Waals surface area (Å²) in [5.41, 5.74) is 6.40. The van der Waals surface area contributed by atoms with Crippen LogP contribution in [0.15, 0.2) is 28.7 Å². The fourth-order valence-corrected chi connectivity index (χ4v) is 1.57. The second kappa shape index (κ2) is 4.43. The van der Waals surface area contributed by atoms with Crippen LogP contribution in [-0.2, 0) is 0 Å². The number of hydrogen-bond acceptors (Lipinski definition) is 2. The average molecular weight is 258 g/mol. The van der Waals surface area contributed by atoms with E-state index < -0.39 is 6.10 Å². The molecule has 1 aromatic carbocycles. The second-order valence-electron chi connectivity index (χ2n) is 4.26. The highest BCUT2D eigenvalue weighted by molar-refractivity contribution is 9.10. The zero-order chi connectivity index (χ0) is 10.8. The lowest BCUT2D eigenvalue weighted by Gasteiger charge is -2.22. The highest BCUT2D eigenvalue weighted by Gasteiger charge is 2.18. The first kappa shape index (κ1) is 11.7. The van der Waals surface area contributed by atoms with Gasteiger partial charge in [0.25, 0.3) is 0 Å². The summed E-state index contributed by atoms with van der Waals surface area (Å²) in [4.78, 5) is 0. The number of halogens is 1. The SMILES string of the molecule is CC(C)(N)CC(O)c1ccc(Br)cc1. The minimum atomic E-state index is -0.483. The molecule has 0 radical (unpaired) electrons. The number of aliphatic hydroxyl groups excluding tert-OH is 1. The fourth-order valence-electron chi connectivity index (χ4n) is 1.30. The molecule has 0 saturated heterocycles. The summed E-state index contributed by atoms with van der Waals surface area (Å²) in [6.07, 6.45) is 0.0809. The predicted molar refractivity (Wildman–Crippen MR) is 62.0 cm³/mol. The number of benzene rings is 1. The molecule has 0 heterocycles. The summed E-state index contributed by atoms with van der Waals surface area (Å²) < 4.78 is 1.01. The van der Waals surface area contributed by atoms with Gasteiger partial charge in [0.2, 0.25) is 0 Å². The van der Waals surface area contributed by atoms with E-state index in [2.05, 4.69) is 15.9 Å². The smallest absolute Gasteiger partial charge is 0.0807 e. The average Bonchev–Trinajstić information content (AvgIpc) is 2.02. The Morgan fingerprint density at radius 2 is 1.86 bits per heavy atom. The summed E-state index contributed by atoms with van der Waals surface area (Å²) in [5.74, 6) is 0. The lowest BCUT2D eigenvalue weighted by atomic mass is 9.94. The maximum absolute atomic E-state index is 9.85. The van der Waals surface area contributed by atoms with Crippen molar-refractivity contribution in [1.29, 1.82) is 0 Å². The van der Waals surface area contributed by atoms with Crippen LogP contribution in [0.25, 0.3) is 0 Å². The van der Waals surface area contributed by atoms with Crippen molar-refractivity contribution in [3.05, 3.63) is 34.3 Å². The Labute approximate surface area is 93.3 Å². The summed E-state index contributed by atoms with van der Waals surface area (Å²) in [5, 5.41) is 9.85. The van der Waals surface area contributed by atoms with Gasteiger partial charge in [-0.1, -0.05) is 28.1 Å². The van der Waals surface area contributed by atoms with Crippen molar-refractivity contribution in [3.63, 3.8) is 0 Å². The van der Waals surface area contributed by atoms with Gasteiger partial charge in [0.1, 0.15) is 0 Å². The molecule has 0 saturated carbocycles. The molecule has 0 aliphatic carbocycles. The standard InChI is InChI=1S/C11H16BrNO/c1-11(2,13)7-10(14)8-3-5-9(12)6-4-8/h3-6,10,14H,7,13H2,1-2H3. The Kier molecular flexibility index (Phi) is 3.70. The van der Waals surface area contributed by atoms with Gasteiger partial charge >= 0.3 is 0 Å². The van der Waals surface area contributed by atoms with Gasteiger partial charge in [-0.25, -0.2) is 0 Å². The third-order valence-corrected chi connectivity index (χ3v) is 2.50.